The zero-order chi connectivity index (χ0) is 27.8. The molecule has 0 aliphatic rings. The van der Waals surface area contributed by atoms with Crippen molar-refractivity contribution in [3.05, 3.63) is 137 Å². The maximum Gasteiger partial charge on any atom is 0.332 e. The number of hydrogen-bond donors (Lipinski definition) is 1. The number of aliphatic imine (C=N–C) groups is 1. The Morgan fingerprint density at radius 3 is 1.87 bits per heavy atom. The van der Waals surface area contributed by atoms with Crippen molar-refractivity contribution < 1.29 is 17.9 Å². The molecule has 4 rings (SSSR count). The van der Waals surface area contributed by atoms with Crippen molar-refractivity contribution >= 4 is 21.7 Å². The molecule has 1 N–H and O–H groups in total. The molecule has 0 unspecified atom stereocenters. The van der Waals surface area contributed by atoms with Gasteiger partial charge in [0.25, 0.3) is 0 Å². The molecule has 8 heteroatoms. The van der Waals surface area contributed by atoms with Crippen LogP contribution >= 0.6 is 0 Å². The molecular formula is C31H27N3O4S. The van der Waals surface area contributed by atoms with E-state index in [2.05, 4.69) is 10.8 Å². The van der Waals surface area contributed by atoms with E-state index in [1.807, 2.05) is 67.6 Å². The second-order valence-corrected chi connectivity index (χ2v) is 10.5. The van der Waals surface area contributed by atoms with Gasteiger partial charge < -0.3 is 4.74 Å². The Hall–Kier alpha value is -4.58. The van der Waals surface area contributed by atoms with E-state index in [1.54, 1.807) is 36.4 Å². The maximum atomic E-state index is 13.5. The lowest BCUT2D eigenvalue weighted by Gasteiger charge is -2.25. The number of hydrogen-bond acceptors (Lipinski definition) is 6. The number of carbonyl (C=O) groups excluding carboxylic acids is 1. The van der Waals surface area contributed by atoms with Crippen LogP contribution in [-0.2, 0) is 19.6 Å². The zero-order valence-corrected chi connectivity index (χ0v) is 22.3. The summed E-state index contributed by atoms with van der Waals surface area (Å²) in [7, 11) is -2.85. The number of aryl methyl sites for hydroxylation is 1. The first-order chi connectivity index (χ1) is 18.8. The van der Waals surface area contributed by atoms with E-state index in [9.17, 15) is 18.5 Å². The van der Waals surface area contributed by atoms with E-state index in [1.165, 1.54) is 19.2 Å². The fourth-order valence-corrected chi connectivity index (χ4v) is 5.29. The summed E-state index contributed by atoms with van der Waals surface area (Å²) < 4.78 is 34.9. The highest BCUT2D eigenvalue weighted by Gasteiger charge is 2.35. The summed E-state index contributed by atoms with van der Waals surface area (Å²) in [5.41, 5.74) is 3.75. The minimum atomic E-state index is -4.08. The van der Waals surface area contributed by atoms with Gasteiger partial charge in [0.1, 0.15) is 0 Å². The molecule has 0 aliphatic heterocycles. The Kier molecular flexibility index (Phi) is 8.67. The number of benzene rings is 4. The van der Waals surface area contributed by atoms with Crippen LogP contribution in [-0.4, -0.2) is 33.3 Å². The summed E-state index contributed by atoms with van der Waals surface area (Å²) in [6.45, 7) is 1.86. The predicted molar refractivity (Wildman–Crippen MR) is 150 cm³/mol. The van der Waals surface area contributed by atoms with Crippen molar-refractivity contribution in [2.75, 3.05) is 7.11 Å². The van der Waals surface area contributed by atoms with Crippen LogP contribution in [0.2, 0.25) is 0 Å². The second-order valence-electron chi connectivity index (χ2n) is 8.82. The molecule has 0 fully saturated rings. The minimum Gasteiger partial charge on any atom is -0.467 e. The fourth-order valence-electron chi connectivity index (χ4n) is 4.06. The highest BCUT2D eigenvalue weighted by Crippen LogP contribution is 2.26. The molecule has 0 aromatic heterocycles. The Balaban J connectivity index is 1.90. The average Bonchev–Trinajstić information content (AvgIpc) is 2.97. The predicted octanol–water partition coefficient (Wildman–Crippen LogP) is 4.97. The van der Waals surface area contributed by atoms with Gasteiger partial charge in [0.05, 0.1) is 35.4 Å². The minimum absolute atomic E-state index is 0.0469. The van der Waals surface area contributed by atoms with Crippen LogP contribution in [0.15, 0.2) is 119 Å². The number of ether oxygens (including phenoxy) is 1. The summed E-state index contributed by atoms with van der Waals surface area (Å²) in [5, 5.41) is 9.27. The van der Waals surface area contributed by atoms with Crippen molar-refractivity contribution in [3.63, 3.8) is 0 Å². The maximum absolute atomic E-state index is 13.5. The number of rotatable bonds is 9. The van der Waals surface area contributed by atoms with Crippen molar-refractivity contribution in [2.24, 2.45) is 4.99 Å². The quantitative estimate of drug-likeness (QED) is 0.240. The molecule has 0 aliphatic carbocycles. The van der Waals surface area contributed by atoms with Gasteiger partial charge in [-0.25, -0.2) is 17.9 Å². The van der Waals surface area contributed by atoms with E-state index in [0.29, 0.717) is 16.8 Å². The van der Waals surface area contributed by atoms with Gasteiger partial charge in [-0.2, -0.15) is 5.26 Å². The lowest BCUT2D eigenvalue weighted by molar-refractivity contribution is -0.142. The van der Waals surface area contributed by atoms with E-state index in [4.69, 9.17) is 9.73 Å². The SMILES string of the molecule is COC(=O)[C@@H](N=C(c1ccccc1)c1ccccc1)[C@@H](NS(=O)(=O)c1ccc(C)cc1)c1ccc(C#N)cc1. The third-order valence-corrected chi connectivity index (χ3v) is 7.59. The molecule has 0 radical (unpaired) electrons. The molecule has 4 aromatic rings. The molecule has 0 amide bonds. The van der Waals surface area contributed by atoms with Crippen LogP contribution in [0, 0.1) is 18.3 Å². The number of sulfonamides is 1. The van der Waals surface area contributed by atoms with Crippen LogP contribution in [0.3, 0.4) is 0 Å². The molecule has 0 bridgehead atoms. The van der Waals surface area contributed by atoms with E-state index >= 15 is 0 Å². The number of esters is 1. The highest BCUT2D eigenvalue weighted by atomic mass is 32.2. The van der Waals surface area contributed by atoms with E-state index < -0.39 is 28.1 Å². The summed E-state index contributed by atoms with van der Waals surface area (Å²) >= 11 is 0. The Bertz CT molecular complexity index is 1550. The molecule has 4 aromatic carbocycles. The largest absolute Gasteiger partial charge is 0.467 e. The van der Waals surface area contributed by atoms with Crippen LogP contribution in [0.1, 0.15) is 33.9 Å². The number of nitriles is 1. The molecular weight excluding hydrogens is 510 g/mol. The fraction of sp³-hybridized carbons (Fsp3) is 0.129. The molecule has 0 saturated carbocycles. The van der Waals surface area contributed by atoms with Crippen LogP contribution < -0.4 is 4.72 Å². The van der Waals surface area contributed by atoms with Crippen molar-refractivity contribution in [1.82, 2.24) is 4.72 Å². The van der Waals surface area contributed by atoms with Gasteiger partial charge in [-0.1, -0.05) is 90.5 Å². The number of carbonyl (C=O) groups is 1. The van der Waals surface area contributed by atoms with Crippen LogP contribution in [0.25, 0.3) is 0 Å². The standard InChI is InChI=1S/C31H27N3O4S/c1-22-13-19-27(20-14-22)39(36,37)34-29(26-17-15-23(21-32)16-18-26)30(31(35)38-2)33-28(24-9-5-3-6-10-24)25-11-7-4-8-12-25/h3-20,29-30,34H,1-2H3/t29-,30-/m0/s1. The topological polar surface area (TPSA) is 109 Å². The Morgan fingerprint density at radius 2 is 1.38 bits per heavy atom. The number of methoxy groups -OCH3 is 1. The molecule has 0 heterocycles. The first-order valence-electron chi connectivity index (χ1n) is 12.2. The Labute approximate surface area is 228 Å². The Morgan fingerprint density at radius 1 is 0.846 bits per heavy atom. The zero-order valence-electron chi connectivity index (χ0n) is 21.5. The second kappa shape index (κ2) is 12.3. The number of nitrogens with zero attached hydrogens (tertiary/aromatic N) is 2. The normalized spacial score (nSPS) is 12.5. The van der Waals surface area contributed by atoms with Crippen molar-refractivity contribution in [3.8, 4) is 6.07 Å². The van der Waals surface area contributed by atoms with Crippen molar-refractivity contribution in [1.29, 1.82) is 5.26 Å². The summed E-state index contributed by atoms with van der Waals surface area (Å²) in [6, 6.07) is 31.0. The smallest absolute Gasteiger partial charge is 0.332 e. The monoisotopic (exact) mass is 537 g/mol. The van der Waals surface area contributed by atoms with Crippen LogP contribution in [0.4, 0.5) is 0 Å². The van der Waals surface area contributed by atoms with Gasteiger partial charge in [-0.05, 0) is 36.8 Å². The van der Waals surface area contributed by atoms with Gasteiger partial charge in [-0.15, -0.1) is 0 Å². The first kappa shape index (κ1) is 27.5. The van der Waals surface area contributed by atoms with Crippen molar-refractivity contribution in [2.45, 2.75) is 23.9 Å². The molecule has 7 nitrogen and oxygen atoms in total. The average molecular weight is 538 g/mol. The molecule has 196 valence electrons. The molecule has 0 spiro atoms. The van der Waals surface area contributed by atoms with Crippen LogP contribution in [0.5, 0.6) is 0 Å². The van der Waals surface area contributed by atoms with E-state index in [0.717, 1.165) is 16.7 Å². The van der Waals surface area contributed by atoms with Gasteiger partial charge in [0.2, 0.25) is 10.0 Å². The first-order valence-corrected chi connectivity index (χ1v) is 13.7. The number of nitrogens with one attached hydrogen (secondary N) is 1. The lowest BCUT2D eigenvalue weighted by Crippen LogP contribution is -2.40. The van der Waals surface area contributed by atoms with Gasteiger partial charge in [-0.3, -0.25) is 4.99 Å². The summed E-state index contributed by atoms with van der Waals surface area (Å²) in [5.74, 6) is -0.722. The third-order valence-electron chi connectivity index (χ3n) is 6.13. The molecule has 39 heavy (non-hydrogen) atoms. The van der Waals surface area contributed by atoms with E-state index in [-0.39, 0.29) is 4.90 Å². The highest BCUT2D eigenvalue weighted by molar-refractivity contribution is 7.89. The molecule has 2 atom stereocenters. The van der Waals surface area contributed by atoms with Gasteiger partial charge in [0, 0.05) is 11.1 Å². The summed E-state index contributed by atoms with van der Waals surface area (Å²) in [4.78, 5) is 18.2. The van der Waals surface area contributed by atoms with Gasteiger partial charge >= 0.3 is 5.97 Å². The van der Waals surface area contributed by atoms with Gasteiger partial charge in [0.15, 0.2) is 6.04 Å². The lowest BCUT2D eigenvalue weighted by atomic mass is 9.97. The third kappa shape index (κ3) is 6.65. The molecule has 0 saturated heterocycles. The summed E-state index contributed by atoms with van der Waals surface area (Å²) in [6.07, 6.45) is 0.